The zero-order valence-corrected chi connectivity index (χ0v) is 18.3. The quantitative estimate of drug-likeness (QED) is 0.288. The third-order valence-corrected chi connectivity index (χ3v) is 5.03. The molecule has 4 nitrogen and oxygen atoms in total. The van der Waals surface area contributed by atoms with Crippen molar-refractivity contribution in [2.24, 2.45) is 0 Å². The fourth-order valence-corrected chi connectivity index (χ4v) is 3.57. The number of ether oxygens (including phenoxy) is 2. The largest absolute Gasteiger partial charge is 0.490 e. The number of hydrogen-bond acceptors (Lipinski definition) is 4. The van der Waals surface area contributed by atoms with Crippen LogP contribution in [-0.4, -0.2) is 6.61 Å². The first-order valence-corrected chi connectivity index (χ1v) is 10.3. The van der Waals surface area contributed by atoms with Crippen molar-refractivity contribution in [2.45, 2.75) is 13.5 Å². The van der Waals surface area contributed by atoms with Gasteiger partial charge in [-0.3, -0.25) is 0 Å². The molecule has 0 amide bonds. The van der Waals surface area contributed by atoms with Gasteiger partial charge in [-0.25, -0.2) is 4.39 Å². The highest BCUT2D eigenvalue weighted by Gasteiger charge is 2.14. The van der Waals surface area contributed by atoms with Gasteiger partial charge in [0.05, 0.1) is 34.4 Å². The summed E-state index contributed by atoms with van der Waals surface area (Å²) in [5, 5.41) is 18.8. The fourth-order valence-electron chi connectivity index (χ4n) is 3.00. The van der Waals surface area contributed by atoms with Crippen LogP contribution in [0.4, 0.5) is 4.39 Å². The predicted molar refractivity (Wildman–Crippen MR) is 121 cm³/mol. The molecule has 0 saturated carbocycles. The number of hydrogen-bond donors (Lipinski definition) is 0. The molecule has 3 aromatic carbocycles. The molecule has 31 heavy (non-hydrogen) atoms. The standard InChI is InChI=1S/C25H18BrFN2O2/c1-2-30-24-13-17(11-20(15-29)21-9-5-6-10-23(21)27)12-22(26)25(24)31-16-19-8-4-3-7-18(19)14-28/h3-13H,2,16H2,1H3. The summed E-state index contributed by atoms with van der Waals surface area (Å²) in [7, 11) is 0. The van der Waals surface area contributed by atoms with E-state index in [4.69, 9.17) is 9.47 Å². The number of halogens is 2. The molecule has 154 valence electrons. The van der Waals surface area contributed by atoms with Gasteiger partial charge in [0.25, 0.3) is 0 Å². The molecule has 0 aromatic heterocycles. The van der Waals surface area contributed by atoms with E-state index in [9.17, 15) is 14.9 Å². The molecule has 0 aliphatic heterocycles. The Kier molecular flexibility index (Phi) is 7.43. The highest BCUT2D eigenvalue weighted by Crippen LogP contribution is 2.38. The van der Waals surface area contributed by atoms with Gasteiger partial charge in [0, 0.05) is 11.1 Å². The predicted octanol–water partition coefficient (Wildman–Crippen LogP) is 6.50. The molecule has 3 rings (SSSR count). The van der Waals surface area contributed by atoms with Crippen LogP contribution in [0.25, 0.3) is 11.6 Å². The normalized spacial score (nSPS) is 10.8. The molecule has 0 N–H and O–H groups in total. The Bertz CT molecular complexity index is 1210. The molecule has 0 spiro atoms. The van der Waals surface area contributed by atoms with Crippen molar-refractivity contribution < 1.29 is 13.9 Å². The van der Waals surface area contributed by atoms with Gasteiger partial charge in [0.1, 0.15) is 12.4 Å². The number of allylic oxidation sites excluding steroid dienone is 1. The van der Waals surface area contributed by atoms with E-state index < -0.39 is 5.82 Å². The molecular weight excluding hydrogens is 459 g/mol. The van der Waals surface area contributed by atoms with Gasteiger partial charge in [-0.2, -0.15) is 10.5 Å². The first-order chi connectivity index (χ1) is 15.1. The summed E-state index contributed by atoms with van der Waals surface area (Å²) in [5.74, 6) is 0.495. The van der Waals surface area contributed by atoms with Crippen molar-refractivity contribution in [3.8, 4) is 23.6 Å². The van der Waals surface area contributed by atoms with Gasteiger partial charge in [0.2, 0.25) is 0 Å². The number of benzene rings is 3. The van der Waals surface area contributed by atoms with Crippen LogP contribution in [-0.2, 0) is 6.61 Å². The van der Waals surface area contributed by atoms with E-state index in [1.807, 2.05) is 19.1 Å². The SMILES string of the molecule is CCOc1cc(C=C(C#N)c2ccccc2F)cc(Br)c1OCc1ccccc1C#N. The Hall–Kier alpha value is -3.61. The maximum atomic E-state index is 14.1. The van der Waals surface area contributed by atoms with Crippen LogP contribution in [0.2, 0.25) is 0 Å². The van der Waals surface area contributed by atoms with Crippen LogP contribution in [0.1, 0.15) is 29.2 Å². The molecule has 0 aliphatic rings. The summed E-state index contributed by atoms with van der Waals surface area (Å²) >= 11 is 3.50. The van der Waals surface area contributed by atoms with Crippen molar-refractivity contribution in [2.75, 3.05) is 6.61 Å². The van der Waals surface area contributed by atoms with Crippen LogP contribution < -0.4 is 9.47 Å². The minimum absolute atomic E-state index is 0.191. The molecule has 0 fully saturated rings. The smallest absolute Gasteiger partial charge is 0.175 e. The molecular formula is C25H18BrFN2O2. The van der Waals surface area contributed by atoms with Gasteiger partial charge in [-0.1, -0.05) is 36.4 Å². The summed E-state index contributed by atoms with van der Waals surface area (Å²) in [6.07, 6.45) is 1.60. The van der Waals surface area contributed by atoms with E-state index in [1.165, 1.54) is 6.07 Å². The Morgan fingerprint density at radius 2 is 1.81 bits per heavy atom. The summed E-state index contributed by atoms with van der Waals surface area (Å²) in [6.45, 7) is 2.45. The van der Waals surface area contributed by atoms with Crippen LogP contribution >= 0.6 is 15.9 Å². The molecule has 0 saturated heterocycles. The third kappa shape index (κ3) is 5.31. The third-order valence-electron chi connectivity index (χ3n) is 4.44. The second-order valence-corrected chi connectivity index (χ2v) is 7.32. The van der Waals surface area contributed by atoms with Crippen LogP contribution in [0.15, 0.2) is 65.1 Å². The lowest BCUT2D eigenvalue weighted by atomic mass is 10.0. The minimum atomic E-state index is -0.462. The monoisotopic (exact) mass is 476 g/mol. The summed E-state index contributed by atoms with van der Waals surface area (Å²) < 4.78 is 26.5. The van der Waals surface area contributed by atoms with E-state index >= 15 is 0 Å². The second kappa shape index (κ2) is 10.4. The first kappa shape index (κ1) is 22.1. The Balaban J connectivity index is 1.96. The Morgan fingerprint density at radius 1 is 1.06 bits per heavy atom. The van der Waals surface area contributed by atoms with Crippen molar-refractivity contribution in [3.63, 3.8) is 0 Å². The molecule has 0 bridgehead atoms. The first-order valence-electron chi connectivity index (χ1n) is 9.51. The molecule has 0 heterocycles. The molecule has 0 radical (unpaired) electrons. The number of rotatable bonds is 7. The molecule has 0 unspecified atom stereocenters. The topological polar surface area (TPSA) is 66.0 Å². The molecule has 0 aliphatic carbocycles. The average Bonchev–Trinajstić information content (AvgIpc) is 2.78. The van der Waals surface area contributed by atoms with E-state index in [0.717, 1.165) is 5.56 Å². The summed E-state index contributed by atoms with van der Waals surface area (Å²) in [5.41, 5.74) is 2.38. The Labute approximate surface area is 188 Å². The van der Waals surface area contributed by atoms with E-state index in [2.05, 4.69) is 28.1 Å². The van der Waals surface area contributed by atoms with Crippen LogP contribution in [0.5, 0.6) is 11.5 Å². The highest BCUT2D eigenvalue weighted by molar-refractivity contribution is 9.10. The van der Waals surface area contributed by atoms with Crippen molar-refractivity contribution in [1.29, 1.82) is 10.5 Å². The van der Waals surface area contributed by atoms with Crippen LogP contribution in [0.3, 0.4) is 0 Å². The van der Waals surface area contributed by atoms with Gasteiger partial charge in [0.15, 0.2) is 11.5 Å². The fraction of sp³-hybridized carbons (Fsp3) is 0.120. The molecule has 6 heteroatoms. The van der Waals surface area contributed by atoms with E-state index in [1.54, 1.807) is 48.5 Å². The molecule has 0 atom stereocenters. The lowest BCUT2D eigenvalue weighted by molar-refractivity contribution is 0.267. The van der Waals surface area contributed by atoms with Gasteiger partial charge in [-0.05, 0) is 58.8 Å². The van der Waals surface area contributed by atoms with Crippen molar-refractivity contribution >= 4 is 27.6 Å². The number of nitrogens with zero attached hydrogens (tertiary/aromatic N) is 2. The maximum absolute atomic E-state index is 14.1. The van der Waals surface area contributed by atoms with E-state index in [0.29, 0.717) is 33.7 Å². The van der Waals surface area contributed by atoms with Crippen molar-refractivity contribution in [3.05, 3.63) is 93.2 Å². The lowest BCUT2D eigenvalue weighted by Crippen LogP contribution is -2.02. The zero-order chi connectivity index (χ0) is 22.2. The Morgan fingerprint density at radius 3 is 2.52 bits per heavy atom. The summed E-state index contributed by atoms with van der Waals surface area (Å²) in [4.78, 5) is 0. The highest BCUT2D eigenvalue weighted by atomic mass is 79.9. The van der Waals surface area contributed by atoms with Gasteiger partial charge < -0.3 is 9.47 Å². The van der Waals surface area contributed by atoms with Crippen molar-refractivity contribution in [1.82, 2.24) is 0 Å². The average molecular weight is 477 g/mol. The van der Waals surface area contributed by atoms with Gasteiger partial charge in [-0.15, -0.1) is 0 Å². The van der Waals surface area contributed by atoms with Gasteiger partial charge >= 0.3 is 0 Å². The van der Waals surface area contributed by atoms with Crippen LogP contribution in [0, 0.1) is 28.5 Å². The number of nitriles is 2. The molecule has 3 aromatic rings. The second-order valence-electron chi connectivity index (χ2n) is 6.47. The lowest BCUT2D eigenvalue weighted by Gasteiger charge is -2.15. The van der Waals surface area contributed by atoms with E-state index in [-0.39, 0.29) is 17.7 Å². The minimum Gasteiger partial charge on any atom is -0.490 e. The maximum Gasteiger partial charge on any atom is 0.175 e. The zero-order valence-electron chi connectivity index (χ0n) is 16.7. The summed E-state index contributed by atoms with van der Waals surface area (Å²) in [6, 6.07) is 21.1.